The van der Waals surface area contributed by atoms with Crippen molar-refractivity contribution in [2.45, 2.75) is 17.9 Å². The van der Waals surface area contributed by atoms with Crippen LogP contribution in [0.25, 0.3) is 11.5 Å². The highest BCUT2D eigenvalue weighted by molar-refractivity contribution is 7.98. The highest BCUT2D eigenvalue weighted by atomic mass is 35.5. The van der Waals surface area contributed by atoms with Crippen molar-refractivity contribution < 1.29 is 13.5 Å². The Kier molecular flexibility index (Phi) is 5.37. The van der Waals surface area contributed by atoms with Gasteiger partial charge in [0.2, 0.25) is 0 Å². The summed E-state index contributed by atoms with van der Waals surface area (Å²) >= 11 is 7.36. The van der Waals surface area contributed by atoms with Gasteiger partial charge in [-0.3, -0.25) is 0 Å². The number of hydrogen-bond acceptors (Lipinski definition) is 5. The Morgan fingerprint density at radius 2 is 2.04 bits per heavy atom. The highest BCUT2D eigenvalue weighted by Crippen LogP contribution is 2.32. The van der Waals surface area contributed by atoms with E-state index in [4.69, 9.17) is 20.8 Å². The van der Waals surface area contributed by atoms with Gasteiger partial charge >= 0.3 is 0 Å². The van der Waals surface area contributed by atoms with Crippen LogP contribution in [0, 0.1) is 5.82 Å². The van der Waals surface area contributed by atoms with Gasteiger partial charge in [0.25, 0.3) is 11.1 Å². The molecule has 124 valence electrons. The van der Waals surface area contributed by atoms with Gasteiger partial charge in [0.15, 0.2) is 0 Å². The van der Waals surface area contributed by atoms with Crippen molar-refractivity contribution in [2.24, 2.45) is 0 Å². The zero-order chi connectivity index (χ0) is 16.9. The fourth-order valence-electron chi connectivity index (χ4n) is 2.08. The molecule has 3 aromatic rings. The topological polar surface area (TPSA) is 48.2 Å². The van der Waals surface area contributed by atoms with Crippen LogP contribution in [0.5, 0.6) is 5.75 Å². The summed E-state index contributed by atoms with van der Waals surface area (Å²) in [4.78, 5) is 0. The van der Waals surface area contributed by atoms with Crippen LogP contribution in [0.15, 0.2) is 52.1 Å². The Morgan fingerprint density at radius 3 is 2.83 bits per heavy atom. The van der Waals surface area contributed by atoms with Crippen LogP contribution in [-0.2, 0) is 5.75 Å². The fraction of sp³-hybridized carbons (Fsp3) is 0.176. The quantitative estimate of drug-likeness (QED) is 0.561. The Hall–Kier alpha value is -2.05. The van der Waals surface area contributed by atoms with Crippen LogP contribution in [0.4, 0.5) is 4.39 Å². The number of aromatic nitrogens is 2. The summed E-state index contributed by atoms with van der Waals surface area (Å²) in [6.45, 7) is 2.47. The number of thioether (sulfide) groups is 1. The molecule has 0 N–H and O–H groups in total. The molecule has 0 aliphatic rings. The van der Waals surface area contributed by atoms with Crippen molar-refractivity contribution in [1.29, 1.82) is 0 Å². The molecule has 1 aromatic heterocycles. The summed E-state index contributed by atoms with van der Waals surface area (Å²) < 4.78 is 24.3. The standard InChI is InChI=1S/C17H14ClFN2O2S/c1-2-22-15-6-4-3-5-13(15)16-20-21-17(23-16)24-10-11-7-8-12(19)9-14(11)18/h3-9H,2,10H2,1H3. The van der Waals surface area contributed by atoms with E-state index in [1.807, 2.05) is 31.2 Å². The third kappa shape index (κ3) is 3.88. The molecule has 0 saturated heterocycles. The average molecular weight is 365 g/mol. The van der Waals surface area contributed by atoms with E-state index in [0.717, 1.165) is 11.1 Å². The number of para-hydroxylation sites is 1. The van der Waals surface area contributed by atoms with Crippen molar-refractivity contribution in [1.82, 2.24) is 10.2 Å². The lowest BCUT2D eigenvalue weighted by Gasteiger charge is -2.06. The third-order valence-corrected chi connectivity index (χ3v) is 4.41. The van der Waals surface area contributed by atoms with E-state index in [0.29, 0.717) is 34.2 Å². The molecule has 0 aliphatic carbocycles. The second-order valence-electron chi connectivity index (χ2n) is 4.83. The van der Waals surface area contributed by atoms with Gasteiger partial charge < -0.3 is 9.15 Å². The van der Waals surface area contributed by atoms with Crippen molar-refractivity contribution in [3.8, 4) is 17.2 Å². The first kappa shape index (κ1) is 16.8. The molecule has 3 rings (SSSR count). The van der Waals surface area contributed by atoms with Gasteiger partial charge in [0, 0.05) is 10.8 Å². The predicted molar refractivity (Wildman–Crippen MR) is 91.9 cm³/mol. The molecule has 0 atom stereocenters. The minimum atomic E-state index is -0.360. The lowest BCUT2D eigenvalue weighted by Crippen LogP contribution is -1.93. The van der Waals surface area contributed by atoms with Crippen molar-refractivity contribution >= 4 is 23.4 Å². The van der Waals surface area contributed by atoms with E-state index in [2.05, 4.69) is 10.2 Å². The summed E-state index contributed by atoms with van der Waals surface area (Å²) in [5, 5.41) is 8.89. The molecule has 7 heteroatoms. The lowest BCUT2D eigenvalue weighted by molar-refractivity contribution is 0.340. The van der Waals surface area contributed by atoms with Gasteiger partial charge in [-0.1, -0.05) is 41.6 Å². The summed E-state index contributed by atoms with van der Waals surface area (Å²) in [5.74, 6) is 1.24. The maximum atomic E-state index is 13.1. The number of halogens is 2. The van der Waals surface area contributed by atoms with Crippen LogP contribution >= 0.6 is 23.4 Å². The summed E-state index contributed by atoms with van der Waals surface area (Å²) in [6.07, 6.45) is 0. The molecule has 0 saturated carbocycles. The number of nitrogens with zero attached hydrogens (tertiary/aromatic N) is 2. The molecule has 1 heterocycles. The van der Waals surface area contributed by atoms with Gasteiger partial charge in [-0.05, 0) is 36.8 Å². The Labute approximate surface area is 148 Å². The smallest absolute Gasteiger partial charge is 0.277 e. The Balaban J connectivity index is 1.74. The van der Waals surface area contributed by atoms with Crippen molar-refractivity contribution in [2.75, 3.05) is 6.61 Å². The summed E-state index contributed by atoms with van der Waals surface area (Å²) in [5.41, 5.74) is 1.55. The summed E-state index contributed by atoms with van der Waals surface area (Å²) in [7, 11) is 0. The minimum Gasteiger partial charge on any atom is -0.493 e. The van der Waals surface area contributed by atoms with E-state index in [9.17, 15) is 4.39 Å². The predicted octanol–water partition coefficient (Wildman–Crippen LogP) is 5.22. The van der Waals surface area contributed by atoms with Crippen LogP contribution in [0.1, 0.15) is 12.5 Å². The SMILES string of the molecule is CCOc1ccccc1-c1nnc(SCc2ccc(F)cc2Cl)o1. The molecule has 0 spiro atoms. The van der Waals surface area contributed by atoms with Gasteiger partial charge in [-0.2, -0.15) is 0 Å². The maximum Gasteiger partial charge on any atom is 0.277 e. The first-order valence-corrected chi connectivity index (χ1v) is 8.66. The van der Waals surface area contributed by atoms with E-state index in [1.165, 1.54) is 23.9 Å². The van der Waals surface area contributed by atoms with Crippen molar-refractivity contribution in [3.05, 3.63) is 58.9 Å². The molecule has 0 fully saturated rings. The molecule has 0 radical (unpaired) electrons. The van der Waals surface area contributed by atoms with Crippen LogP contribution in [0.3, 0.4) is 0 Å². The second-order valence-corrected chi connectivity index (χ2v) is 6.16. The molecule has 24 heavy (non-hydrogen) atoms. The molecular formula is C17H14ClFN2O2S. The van der Waals surface area contributed by atoms with Gasteiger partial charge in [-0.25, -0.2) is 4.39 Å². The van der Waals surface area contributed by atoms with E-state index in [1.54, 1.807) is 6.07 Å². The van der Waals surface area contributed by atoms with Crippen LogP contribution in [-0.4, -0.2) is 16.8 Å². The minimum absolute atomic E-state index is 0.360. The van der Waals surface area contributed by atoms with Gasteiger partial charge in [0.05, 0.1) is 12.2 Å². The molecular weight excluding hydrogens is 351 g/mol. The van der Waals surface area contributed by atoms with E-state index in [-0.39, 0.29) is 5.82 Å². The third-order valence-electron chi connectivity index (χ3n) is 3.19. The Bertz CT molecular complexity index is 841. The van der Waals surface area contributed by atoms with E-state index >= 15 is 0 Å². The average Bonchev–Trinajstić information content (AvgIpc) is 3.04. The molecule has 2 aromatic carbocycles. The van der Waals surface area contributed by atoms with Crippen LogP contribution < -0.4 is 4.74 Å². The van der Waals surface area contributed by atoms with Crippen molar-refractivity contribution in [3.63, 3.8) is 0 Å². The first-order valence-electron chi connectivity index (χ1n) is 7.30. The molecule has 0 bridgehead atoms. The number of rotatable bonds is 6. The monoisotopic (exact) mass is 364 g/mol. The number of ether oxygens (including phenoxy) is 1. The zero-order valence-electron chi connectivity index (χ0n) is 12.8. The number of hydrogen-bond donors (Lipinski definition) is 0. The zero-order valence-corrected chi connectivity index (χ0v) is 14.4. The molecule has 4 nitrogen and oxygen atoms in total. The molecule has 0 unspecified atom stereocenters. The number of benzene rings is 2. The molecule has 0 aliphatic heterocycles. The lowest BCUT2D eigenvalue weighted by atomic mass is 10.2. The normalized spacial score (nSPS) is 10.8. The Morgan fingerprint density at radius 1 is 1.21 bits per heavy atom. The fourth-order valence-corrected chi connectivity index (χ4v) is 3.16. The molecule has 0 amide bonds. The van der Waals surface area contributed by atoms with Gasteiger partial charge in [0.1, 0.15) is 11.6 Å². The van der Waals surface area contributed by atoms with E-state index < -0.39 is 0 Å². The first-order chi connectivity index (χ1) is 11.7. The largest absolute Gasteiger partial charge is 0.493 e. The van der Waals surface area contributed by atoms with Gasteiger partial charge in [-0.15, -0.1) is 10.2 Å². The van der Waals surface area contributed by atoms with Crippen LogP contribution in [0.2, 0.25) is 5.02 Å². The maximum absolute atomic E-state index is 13.1. The highest BCUT2D eigenvalue weighted by Gasteiger charge is 2.14. The summed E-state index contributed by atoms with van der Waals surface area (Å²) in [6, 6.07) is 11.8. The second kappa shape index (κ2) is 7.68.